The van der Waals surface area contributed by atoms with E-state index < -0.39 is 0 Å². The van der Waals surface area contributed by atoms with Crippen LogP contribution in [0, 0.1) is 0 Å². The average Bonchev–Trinajstić information content (AvgIpc) is 2.53. The Morgan fingerprint density at radius 1 is 1.19 bits per heavy atom. The fourth-order valence-electron chi connectivity index (χ4n) is 2.23. The maximum Gasteiger partial charge on any atom is 0.161 e. The molecule has 0 aliphatic carbocycles. The number of benzene rings is 1. The summed E-state index contributed by atoms with van der Waals surface area (Å²) in [5.74, 6) is 1.78. The van der Waals surface area contributed by atoms with Gasteiger partial charge in [-0.2, -0.15) is 0 Å². The molecular weight excluding hydrogens is 268 g/mol. The summed E-state index contributed by atoms with van der Waals surface area (Å²) >= 11 is 0. The fraction of sp³-hybridized carbons (Fsp3) is 0.312. The van der Waals surface area contributed by atoms with Crippen LogP contribution in [-0.4, -0.2) is 23.3 Å². The molecule has 2 heterocycles. The van der Waals surface area contributed by atoms with Crippen LogP contribution < -0.4 is 14.8 Å². The van der Waals surface area contributed by atoms with E-state index in [0.29, 0.717) is 19.8 Å². The number of nitrogens with zero attached hydrogens (tertiary/aromatic N) is 1. The lowest BCUT2D eigenvalue weighted by molar-refractivity contribution is 0.171. The number of pyridine rings is 1. The van der Waals surface area contributed by atoms with Crippen molar-refractivity contribution in [2.24, 2.45) is 0 Å². The molecule has 1 aromatic carbocycles. The van der Waals surface area contributed by atoms with E-state index in [2.05, 4.69) is 17.2 Å². The molecule has 0 fully saturated rings. The molecule has 0 spiro atoms. The van der Waals surface area contributed by atoms with Gasteiger partial charge in [-0.3, -0.25) is 4.98 Å². The summed E-state index contributed by atoms with van der Waals surface area (Å²) in [7, 11) is 0. The molecule has 1 unspecified atom stereocenters. The van der Waals surface area contributed by atoms with Crippen molar-refractivity contribution in [1.82, 2.24) is 10.3 Å². The number of aromatic hydroxyl groups is 1. The van der Waals surface area contributed by atoms with Crippen LogP contribution in [0.3, 0.4) is 0 Å². The Morgan fingerprint density at radius 2 is 2.00 bits per heavy atom. The number of nitrogens with one attached hydrogen (secondary N) is 1. The standard InChI is InChI=1S/C16H18N2O3/c1-11(17-9-13-3-4-14(19)10-18-13)12-2-5-15-16(8-12)21-7-6-20-15/h2-5,8,10-11,17,19H,6-7,9H2,1H3. The number of ether oxygens (including phenoxy) is 2. The molecule has 1 atom stereocenters. The highest BCUT2D eigenvalue weighted by Crippen LogP contribution is 2.32. The average molecular weight is 286 g/mol. The zero-order valence-electron chi connectivity index (χ0n) is 11.9. The van der Waals surface area contributed by atoms with Crippen molar-refractivity contribution in [3.8, 4) is 17.2 Å². The second-order valence-electron chi connectivity index (χ2n) is 5.01. The van der Waals surface area contributed by atoms with Gasteiger partial charge in [-0.15, -0.1) is 0 Å². The highest BCUT2D eigenvalue weighted by atomic mass is 16.6. The molecule has 2 aromatic rings. The van der Waals surface area contributed by atoms with Crippen LogP contribution in [0.15, 0.2) is 36.5 Å². The monoisotopic (exact) mass is 286 g/mol. The molecule has 0 bridgehead atoms. The van der Waals surface area contributed by atoms with E-state index in [1.807, 2.05) is 18.2 Å². The first-order chi connectivity index (χ1) is 10.2. The molecule has 0 saturated heterocycles. The van der Waals surface area contributed by atoms with E-state index >= 15 is 0 Å². The van der Waals surface area contributed by atoms with Gasteiger partial charge in [0.2, 0.25) is 0 Å². The number of hydrogen-bond acceptors (Lipinski definition) is 5. The van der Waals surface area contributed by atoms with E-state index in [1.54, 1.807) is 12.1 Å². The minimum absolute atomic E-state index is 0.163. The van der Waals surface area contributed by atoms with E-state index in [-0.39, 0.29) is 11.8 Å². The first-order valence-electron chi connectivity index (χ1n) is 6.99. The molecule has 3 rings (SSSR count). The minimum Gasteiger partial charge on any atom is -0.506 e. The normalized spacial score (nSPS) is 14.7. The zero-order valence-corrected chi connectivity index (χ0v) is 11.9. The molecular formula is C16H18N2O3. The number of hydrogen-bond donors (Lipinski definition) is 2. The Hall–Kier alpha value is -2.27. The summed E-state index contributed by atoms with van der Waals surface area (Å²) in [4.78, 5) is 4.16. The van der Waals surface area contributed by atoms with Crippen LogP contribution in [0.1, 0.15) is 24.2 Å². The molecule has 21 heavy (non-hydrogen) atoms. The molecule has 2 N–H and O–H groups in total. The number of fused-ring (bicyclic) bond motifs is 1. The van der Waals surface area contributed by atoms with E-state index in [0.717, 1.165) is 22.8 Å². The third-order valence-corrected chi connectivity index (χ3v) is 3.46. The van der Waals surface area contributed by atoms with Crippen molar-refractivity contribution in [3.05, 3.63) is 47.8 Å². The van der Waals surface area contributed by atoms with Gasteiger partial charge in [0.05, 0.1) is 11.9 Å². The summed E-state index contributed by atoms with van der Waals surface area (Å²) in [6.07, 6.45) is 1.45. The smallest absolute Gasteiger partial charge is 0.161 e. The first kappa shape index (κ1) is 13.7. The van der Waals surface area contributed by atoms with Crippen LogP contribution in [0.2, 0.25) is 0 Å². The number of rotatable bonds is 4. The van der Waals surface area contributed by atoms with E-state index in [9.17, 15) is 5.11 Å². The molecule has 1 aliphatic rings. The summed E-state index contributed by atoms with van der Waals surface area (Å²) in [5, 5.41) is 12.6. The Balaban J connectivity index is 1.65. The van der Waals surface area contributed by atoms with Crippen molar-refractivity contribution in [2.75, 3.05) is 13.2 Å². The van der Waals surface area contributed by atoms with Gasteiger partial charge in [0.15, 0.2) is 11.5 Å². The van der Waals surface area contributed by atoms with Gasteiger partial charge >= 0.3 is 0 Å². The largest absolute Gasteiger partial charge is 0.506 e. The summed E-state index contributed by atoms with van der Waals surface area (Å²) < 4.78 is 11.1. The SMILES string of the molecule is CC(NCc1ccc(O)cn1)c1ccc2c(c1)OCCO2. The zero-order chi connectivity index (χ0) is 14.7. The van der Waals surface area contributed by atoms with E-state index in [1.165, 1.54) is 6.20 Å². The van der Waals surface area contributed by atoms with Gasteiger partial charge in [-0.25, -0.2) is 0 Å². The van der Waals surface area contributed by atoms with Crippen LogP contribution in [0.25, 0.3) is 0 Å². The molecule has 0 saturated carbocycles. The molecule has 0 radical (unpaired) electrons. The fourth-order valence-corrected chi connectivity index (χ4v) is 2.23. The van der Waals surface area contributed by atoms with Crippen LogP contribution in [0.5, 0.6) is 17.2 Å². The Labute approximate surface area is 123 Å². The van der Waals surface area contributed by atoms with Gasteiger partial charge in [0.25, 0.3) is 0 Å². The minimum atomic E-state index is 0.163. The van der Waals surface area contributed by atoms with Crippen molar-refractivity contribution >= 4 is 0 Å². The van der Waals surface area contributed by atoms with Gasteiger partial charge in [0.1, 0.15) is 19.0 Å². The molecule has 1 aliphatic heterocycles. The van der Waals surface area contributed by atoms with Gasteiger partial charge in [-0.05, 0) is 36.8 Å². The Kier molecular flexibility index (Phi) is 3.92. The van der Waals surface area contributed by atoms with Crippen molar-refractivity contribution in [1.29, 1.82) is 0 Å². The topological polar surface area (TPSA) is 63.6 Å². The summed E-state index contributed by atoms with van der Waals surface area (Å²) in [6, 6.07) is 9.60. The Morgan fingerprint density at radius 3 is 2.76 bits per heavy atom. The third kappa shape index (κ3) is 3.25. The van der Waals surface area contributed by atoms with Crippen LogP contribution >= 0.6 is 0 Å². The molecule has 1 aromatic heterocycles. The van der Waals surface area contributed by atoms with Gasteiger partial charge in [0, 0.05) is 12.6 Å². The van der Waals surface area contributed by atoms with Crippen LogP contribution in [0.4, 0.5) is 0 Å². The lowest BCUT2D eigenvalue weighted by Crippen LogP contribution is -2.20. The quantitative estimate of drug-likeness (QED) is 0.903. The Bertz CT molecular complexity index is 613. The number of aromatic nitrogens is 1. The van der Waals surface area contributed by atoms with Crippen molar-refractivity contribution < 1.29 is 14.6 Å². The summed E-state index contributed by atoms with van der Waals surface area (Å²) in [6.45, 7) is 3.92. The molecule has 5 nitrogen and oxygen atoms in total. The second-order valence-corrected chi connectivity index (χ2v) is 5.01. The summed E-state index contributed by atoms with van der Waals surface area (Å²) in [5.41, 5.74) is 2.02. The third-order valence-electron chi connectivity index (χ3n) is 3.46. The van der Waals surface area contributed by atoms with E-state index in [4.69, 9.17) is 9.47 Å². The molecule has 0 amide bonds. The van der Waals surface area contributed by atoms with Crippen molar-refractivity contribution in [2.45, 2.75) is 19.5 Å². The highest BCUT2D eigenvalue weighted by Gasteiger charge is 2.14. The van der Waals surface area contributed by atoms with Gasteiger partial charge < -0.3 is 19.9 Å². The maximum atomic E-state index is 9.22. The highest BCUT2D eigenvalue weighted by molar-refractivity contribution is 5.44. The predicted octanol–water partition coefficient (Wildman–Crippen LogP) is 2.41. The van der Waals surface area contributed by atoms with Gasteiger partial charge in [-0.1, -0.05) is 6.07 Å². The van der Waals surface area contributed by atoms with Crippen LogP contribution in [-0.2, 0) is 6.54 Å². The predicted molar refractivity (Wildman–Crippen MR) is 78.6 cm³/mol. The lowest BCUT2D eigenvalue weighted by Gasteiger charge is -2.21. The molecule has 5 heteroatoms. The maximum absolute atomic E-state index is 9.22. The lowest BCUT2D eigenvalue weighted by atomic mass is 10.1. The molecule has 110 valence electrons. The van der Waals surface area contributed by atoms with Crippen molar-refractivity contribution in [3.63, 3.8) is 0 Å². The second kappa shape index (κ2) is 6.01. The first-order valence-corrected chi connectivity index (χ1v) is 6.99.